The van der Waals surface area contributed by atoms with Gasteiger partial charge in [0.05, 0.1) is 17.2 Å². The number of rotatable bonds is 5. The Morgan fingerprint density at radius 1 is 1.00 bits per heavy atom. The number of aryl methyl sites for hydroxylation is 4. The average Bonchev–Trinajstić information content (AvgIpc) is 3.24. The highest BCUT2D eigenvalue weighted by Gasteiger charge is 2.33. The molecular formula is C29H30N2O3S. The molecule has 4 rings (SSSR count). The SMILES string of the molecule is CCOC(=O)C1=C(O)C(=Cc2cc(C)n(-c3cc(C)cc(C)c3)c2C)SC1=Nc1ccc(C)cc1. The third-order valence-corrected chi connectivity index (χ3v) is 6.88. The molecule has 1 aliphatic rings. The van der Waals surface area contributed by atoms with Crippen molar-refractivity contribution in [3.05, 3.63) is 98.4 Å². The van der Waals surface area contributed by atoms with E-state index in [4.69, 9.17) is 4.74 Å². The number of thioether (sulfide) groups is 1. The fourth-order valence-corrected chi connectivity index (χ4v) is 5.31. The van der Waals surface area contributed by atoms with Crippen LogP contribution < -0.4 is 0 Å². The number of aliphatic imine (C=N–C) groups is 1. The van der Waals surface area contributed by atoms with Gasteiger partial charge in [0.25, 0.3) is 0 Å². The lowest BCUT2D eigenvalue weighted by molar-refractivity contribution is -0.138. The number of hydrogen-bond acceptors (Lipinski definition) is 5. The summed E-state index contributed by atoms with van der Waals surface area (Å²) in [5.74, 6) is -0.678. The highest BCUT2D eigenvalue weighted by Crippen LogP contribution is 2.41. The van der Waals surface area contributed by atoms with E-state index in [1.807, 2.05) is 37.3 Å². The van der Waals surface area contributed by atoms with E-state index in [0.717, 1.165) is 28.2 Å². The van der Waals surface area contributed by atoms with E-state index < -0.39 is 5.97 Å². The zero-order valence-corrected chi connectivity index (χ0v) is 21.8. The lowest BCUT2D eigenvalue weighted by Crippen LogP contribution is -2.12. The Labute approximate surface area is 210 Å². The summed E-state index contributed by atoms with van der Waals surface area (Å²) in [5.41, 5.74) is 8.56. The summed E-state index contributed by atoms with van der Waals surface area (Å²) in [6.07, 6.45) is 1.92. The minimum Gasteiger partial charge on any atom is -0.506 e. The highest BCUT2D eigenvalue weighted by atomic mass is 32.2. The Bertz CT molecular complexity index is 1370. The predicted octanol–water partition coefficient (Wildman–Crippen LogP) is 7.21. The first-order valence-electron chi connectivity index (χ1n) is 11.6. The van der Waals surface area contributed by atoms with Crippen LogP contribution in [0.3, 0.4) is 0 Å². The van der Waals surface area contributed by atoms with Crippen molar-refractivity contribution in [2.75, 3.05) is 6.61 Å². The molecule has 1 aromatic heterocycles. The summed E-state index contributed by atoms with van der Waals surface area (Å²) in [6.45, 7) is 12.3. The molecule has 1 N–H and O–H groups in total. The van der Waals surface area contributed by atoms with E-state index >= 15 is 0 Å². The van der Waals surface area contributed by atoms with Crippen molar-refractivity contribution in [2.45, 2.75) is 41.5 Å². The predicted molar refractivity (Wildman–Crippen MR) is 145 cm³/mol. The van der Waals surface area contributed by atoms with Gasteiger partial charge in [-0.2, -0.15) is 0 Å². The van der Waals surface area contributed by atoms with Crippen LogP contribution in [-0.4, -0.2) is 27.3 Å². The Kier molecular flexibility index (Phi) is 7.03. The molecule has 0 saturated heterocycles. The van der Waals surface area contributed by atoms with E-state index in [0.29, 0.717) is 15.6 Å². The minimum atomic E-state index is -0.576. The van der Waals surface area contributed by atoms with Crippen molar-refractivity contribution in [1.82, 2.24) is 4.57 Å². The molecule has 35 heavy (non-hydrogen) atoms. The number of benzene rings is 2. The maximum absolute atomic E-state index is 12.7. The zero-order valence-electron chi connectivity index (χ0n) is 21.0. The van der Waals surface area contributed by atoms with Gasteiger partial charge in [0.1, 0.15) is 16.4 Å². The molecule has 0 bridgehead atoms. The number of carbonyl (C=O) groups is 1. The van der Waals surface area contributed by atoms with Crippen molar-refractivity contribution in [1.29, 1.82) is 0 Å². The Morgan fingerprint density at radius 3 is 2.29 bits per heavy atom. The zero-order chi connectivity index (χ0) is 25.3. The summed E-state index contributed by atoms with van der Waals surface area (Å²) in [5, 5.41) is 11.5. The molecule has 1 aliphatic heterocycles. The fraction of sp³-hybridized carbons (Fsp3) is 0.241. The number of aliphatic hydroxyl groups is 1. The maximum Gasteiger partial charge on any atom is 0.344 e. The molecule has 0 amide bonds. The Balaban J connectivity index is 1.78. The van der Waals surface area contributed by atoms with Gasteiger partial charge in [0, 0.05) is 17.1 Å². The van der Waals surface area contributed by atoms with Crippen molar-refractivity contribution in [3.8, 4) is 5.69 Å². The molecule has 3 aromatic rings. The summed E-state index contributed by atoms with van der Waals surface area (Å²) < 4.78 is 7.44. The van der Waals surface area contributed by atoms with Gasteiger partial charge in [-0.1, -0.05) is 35.5 Å². The molecule has 0 atom stereocenters. The molecule has 180 valence electrons. The smallest absolute Gasteiger partial charge is 0.344 e. The first-order chi connectivity index (χ1) is 16.7. The van der Waals surface area contributed by atoms with E-state index in [1.165, 1.54) is 22.9 Å². The summed E-state index contributed by atoms with van der Waals surface area (Å²) in [6, 6.07) is 16.3. The minimum absolute atomic E-state index is 0.101. The Morgan fingerprint density at radius 2 is 1.66 bits per heavy atom. The van der Waals surface area contributed by atoms with Gasteiger partial charge in [-0.3, -0.25) is 0 Å². The van der Waals surface area contributed by atoms with Gasteiger partial charge >= 0.3 is 5.97 Å². The monoisotopic (exact) mass is 486 g/mol. The number of aliphatic hydroxyl groups excluding tert-OH is 1. The molecule has 0 radical (unpaired) electrons. The second-order valence-corrected chi connectivity index (χ2v) is 9.85. The lowest BCUT2D eigenvalue weighted by Gasteiger charge is -2.12. The van der Waals surface area contributed by atoms with Crippen LogP contribution in [-0.2, 0) is 9.53 Å². The molecule has 0 aliphatic carbocycles. The van der Waals surface area contributed by atoms with Gasteiger partial charge in [-0.15, -0.1) is 0 Å². The summed E-state index contributed by atoms with van der Waals surface area (Å²) in [7, 11) is 0. The lowest BCUT2D eigenvalue weighted by atomic mass is 10.1. The fourth-order valence-electron chi connectivity index (χ4n) is 4.28. The van der Waals surface area contributed by atoms with Crippen molar-refractivity contribution >= 4 is 34.5 Å². The van der Waals surface area contributed by atoms with Crippen LogP contribution in [0.2, 0.25) is 0 Å². The third-order valence-electron chi connectivity index (χ3n) is 5.86. The van der Waals surface area contributed by atoms with Crippen LogP contribution in [0.4, 0.5) is 5.69 Å². The largest absolute Gasteiger partial charge is 0.506 e. The molecule has 0 unspecified atom stereocenters. The third kappa shape index (κ3) is 5.13. The number of carbonyl (C=O) groups excluding carboxylic acids is 1. The number of nitrogens with zero attached hydrogens (tertiary/aromatic N) is 2. The quantitative estimate of drug-likeness (QED) is 0.387. The average molecular weight is 487 g/mol. The number of aromatic nitrogens is 1. The van der Waals surface area contributed by atoms with Crippen LogP contribution in [0.1, 0.15) is 40.6 Å². The second-order valence-electron chi connectivity index (χ2n) is 8.82. The van der Waals surface area contributed by atoms with Gasteiger partial charge < -0.3 is 14.4 Å². The number of ether oxygens (including phenoxy) is 1. The summed E-state index contributed by atoms with van der Waals surface area (Å²) in [4.78, 5) is 17.9. The number of hydrogen-bond donors (Lipinski definition) is 1. The van der Waals surface area contributed by atoms with Crippen LogP contribution >= 0.6 is 11.8 Å². The molecular weight excluding hydrogens is 456 g/mol. The molecule has 0 fully saturated rings. The number of esters is 1. The normalized spacial score (nSPS) is 15.9. The summed E-state index contributed by atoms with van der Waals surface area (Å²) >= 11 is 1.28. The molecule has 0 spiro atoms. The standard InChI is InChI=1S/C29H30N2O3S/c1-7-34-29(33)26-27(32)25(35-28(26)30-23-10-8-17(2)9-11-23)16-22-15-20(5)31(21(22)6)24-13-18(3)12-19(4)14-24/h8-16,32H,7H2,1-6H3. The van der Waals surface area contributed by atoms with Crippen LogP contribution in [0, 0.1) is 34.6 Å². The molecule has 2 aromatic carbocycles. The van der Waals surface area contributed by atoms with E-state index in [9.17, 15) is 9.90 Å². The Hall–Kier alpha value is -3.51. The molecule has 5 nitrogen and oxygen atoms in total. The topological polar surface area (TPSA) is 63.8 Å². The van der Waals surface area contributed by atoms with Gasteiger partial charge in [0.2, 0.25) is 0 Å². The van der Waals surface area contributed by atoms with E-state index in [-0.39, 0.29) is 17.9 Å². The van der Waals surface area contributed by atoms with Gasteiger partial charge in [-0.25, -0.2) is 9.79 Å². The molecule has 0 saturated carbocycles. The van der Waals surface area contributed by atoms with Crippen molar-refractivity contribution in [2.24, 2.45) is 4.99 Å². The molecule has 6 heteroatoms. The van der Waals surface area contributed by atoms with Crippen LogP contribution in [0.5, 0.6) is 0 Å². The van der Waals surface area contributed by atoms with Crippen molar-refractivity contribution in [3.63, 3.8) is 0 Å². The van der Waals surface area contributed by atoms with Crippen LogP contribution in [0.25, 0.3) is 11.8 Å². The van der Waals surface area contributed by atoms with Crippen LogP contribution in [0.15, 0.2) is 69.8 Å². The van der Waals surface area contributed by atoms with Crippen molar-refractivity contribution < 1.29 is 14.6 Å². The second kappa shape index (κ2) is 10.0. The maximum atomic E-state index is 12.7. The van der Waals surface area contributed by atoms with E-state index in [1.54, 1.807) is 6.92 Å². The van der Waals surface area contributed by atoms with Gasteiger partial charge in [-0.05, 0) is 94.6 Å². The molecule has 2 heterocycles. The van der Waals surface area contributed by atoms with E-state index in [2.05, 4.69) is 61.5 Å². The van der Waals surface area contributed by atoms with Gasteiger partial charge in [0.15, 0.2) is 0 Å². The highest BCUT2D eigenvalue weighted by molar-refractivity contribution is 8.18. The first-order valence-corrected chi connectivity index (χ1v) is 12.4. The first kappa shape index (κ1) is 24.6.